The molecule has 1 rings (SSSR count). The van der Waals surface area contributed by atoms with Gasteiger partial charge in [0, 0.05) is 6.54 Å². The summed E-state index contributed by atoms with van der Waals surface area (Å²) in [7, 11) is 0. The molecule has 0 amide bonds. The minimum Gasteiger partial charge on any atom is -0.384 e. The van der Waals surface area contributed by atoms with Gasteiger partial charge in [-0.25, -0.2) is 0 Å². The van der Waals surface area contributed by atoms with Gasteiger partial charge in [-0.15, -0.1) is 0 Å². The summed E-state index contributed by atoms with van der Waals surface area (Å²) in [4.78, 5) is 0. The van der Waals surface area contributed by atoms with Gasteiger partial charge in [-0.1, -0.05) is 13.3 Å². The molecule has 0 saturated carbocycles. The number of anilines is 1. The normalized spacial score (nSPS) is 9.55. The molecular weight excluding hydrogens is 138 g/mol. The summed E-state index contributed by atoms with van der Waals surface area (Å²) in [6.07, 6.45) is 5.83. The van der Waals surface area contributed by atoms with Crippen molar-refractivity contribution in [1.29, 1.82) is 0 Å². The first-order chi connectivity index (χ1) is 5.43. The zero-order chi connectivity index (χ0) is 7.94. The van der Waals surface area contributed by atoms with Gasteiger partial charge in [-0.05, 0) is 12.5 Å². The summed E-state index contributed by atoms with van der Waals surface area (Å²) in [6.45, 7) is 3.19. The first kappa shape index (κ1) is 7.98. The number of hydrogen-bond acceptors (Lipinski definition) is 3. The predicted octanol–water partition coefficient (Wildman–Crippen LogP) is 1.69. The van der Waals surface area contributed by atoms with E-state index in [9.17, 15) is 0 Å². The fraction of sp³-hybridized carbons (Fsp3) is 0.500. The molecule has 1 aromatic heterocycles. The summed E-state index contributed by atoms with van der Waals surface area (Å²) in [5, 5.41) is 10.7. The van der Waals surface area contributed by atoms with Crippen LogP contribution in [-0.2, 0) is 0 Å². The Hall–Kier alpha value is -1.12. The lowest BCUT2D eigenvalue weighted by Crippen LogP contribution is -2.00. The maximum atomic E-state index is 3.75. The Balaban J connectivity index is 2.28. The lowest BCUT2D eigenvalue weighted by molar-refractivity contribution is 0.832. The summed E-state index contributed by atoms with van der Waals surface area (Å²) < 4.78 is 0. The Kier molecular flexibility index (Phi) is 3.38. The molecule has 0 saturated heterocycles. The van der Waals surface area contributed by atoms with Gasteiger partial charge in [0.1, 0.15) is 0 Å². The van der Waals surface area contributed by atoms with Gasteiger partial charge >= 0.3 is 0 Å². The van der Waals surface area contributed by atoms with Crippen molar-refractivity contribution in [2.24, 2.45) is 0 Å². The largest absolute Gasteiger partial charge is 0.384 e. The number of hydrogen-bond donors (Lipinski definition) is 1. The van der Waals surface area contributed by atoms with Crippen LogP contribution in [0.2, 0.25) is 0 Å². The van der Waals surface area contributed by atoms with E-state index in [-0.39, 0.29) is 0 Å². The smallest absolute Gasteiger partial charge is 0.0727 e. The Labute approximate surface area is 66.8 Å². The average Bonchev–Trinajstić information content (AvgIpc) is 2.07. The van der Waals surface area contributed by atoms with Crippen LogP contribution >= 0.6 is 0 Å². The van der Waals surface area contributed by atoms with Crippen molar-refractivity contribution in [3.63, 3.8) is 0 Å². The third-order valence-electron chi connectivity index (χ3n) is 1.44. The van der Waals surface area contributed by atoms with Crippen LogP contribution in [0.5, 0.6) is 0 Å². The van der Waals surface area contributed by atoms with Crippen LogP contribution in [0.25, 0.3) is 0 Å². The topological polar surface area (TPSA) is 37.8 Å². The molecule has 1 heterocycles. The number of aromatic nitrogens is 2. The summed E-state index contributed by atoms with van der Waals surface area (Å²) in [5.74, 6) is 0. The van der Waals surface area contributed by atoms with E-state index in [1.54, 1.807) is 12.4 Å². The van der Waals surface area contributed by atoms with Crippen LogP contribution < -0.4 is 5.32 Å². The van der Waals surface area contributed by atoms with Crippen molar-refractivity contribution in [1.82, 2.24) is 10.2 Å². The van der Waals surface area contributed by atoms with Gasteiger partial charge in [-0.2, -0.15) is 10.2 Å². The van der Waals surface area contributed by atoms with E-state index < -0.39 is 0 Å². The second-order valence-corrected chi connectivity index (χ2v) is 2.41. The molecule has 11 heavy (non-hydrogen) atoms. The van der Waals surface area contributed by atoms with E-state index in [2.05, 4.69) is 22.4 Å². The van der Waals surface area contributed by atoms with Crippen molar-refractivity contribution in [2.45, 2.75) is 19.8 Å². The fourth-order valence-electron chi connectivity index (χ4n) is 0.805. The molecule has 3 heteroatoms. The van der Waals surface area contributed by atoms with E-state index in [1.807, 2.05) is 6.07 Å². The highest BCUT2D eigenvalue weighted by Gasteiger charge is 1.87. The van der Waals surface area contributed by atoms with Crippen LogP contribution in [0.15, 0.2) is 18.5 Å². The van der Waals surface area contributed by atoms with Crippen molar-refractivity contribution < 1.29 is 0 Å². The number of nitrogens with one attached hydrogen (secondary N) is 1. The van der Waals surface area contributed by atoms with Gasteiger partial charge in [0.2, 0.25) is 0 Å². The van der Waals surface area contributed by atoms with E-state index in [1.165, 1.54) is 12.8 Å². The van der Waals surface area contributed by atoms with Gasteiger partial charge < -0.3 is 5.32 Å². The average molecular weight is 151 g/mol. The highest BCUT2D eigenvalue weighted by atomic mass is 15.1. The quantitative estimate of drug-likeness (QED) is 0.665. The molecule has 0 aliphatic carbocycles. The van der Waals surface area contributed by atoms with Crippen molar-refractivity contribution in [2.75, 3.05) is 11.9 Å². The maximum Gasteiger partial charge on any atom is 0.0727 e. The molecule has 1 N–H and O–H groups in total. The molecule has 1 aromatic rings. The second-order valence-electron chi connectivity index (χ2n) is 2.41. The molecule has 0 spiro atoms. The van der Waals surface area contributed by atoms with Crippen LogP contribution in [0.3, 0.4) is 0 Å². The molecule has 0 fully saturated rings. The van der Waals surface area contributed by atoms with Gasteiger partial charge in [0.05, 0.1) is 18.1 Å². The SMILES string of the molecule is CCCCNc1ccnnc1. The minimum absolute atomic E-state index is 1.02. The third-order valence-corrected chi connectivity index (χ3v) is 1.44. The molecule has 60 valence electrons. The third kappa shape index (κ3) is 2.98. The highest BCUT2D eigenvalue weighted by Crippen LogP contribution is 2.00. The van der Waals surface area contributed by atoms with Crippen LogP contribution in [-0.4, -0.2) is 16.7 Å². The summed E-state index contributed by atoms with van der Waals surface area (Å²) >= 11 is 0. The standard InChI is InChI=1S/C8H13N3/c1-2-3-5-9-8-4-6-10-11-7-8/h4,6-7H,2-3,5H2,1H3,(H,9,10). The van der Waals surface area contributed by atoms with Gasteiger partial charge in [-0.3, -0.25) is 0 Å². The molecule has 0 aliphatic rings. The van der Waals surface area contributed by atoms with Gasteiger partial charge in [0.25, 0.3) is 0 Å². The summed E-state index contributed by atoms with van der Waals surface area (Å²) in [6, 6.07) is 1.92. The monoisotopic (exact) mass is 151 g/mol. The zero-order valence-corrected chi connectivity index (χ0v) is 6.75. The number of nitrogens with zero attached hydrogens (tertiary/aromatic N) is 2. The first-order valence-electron chi connectivity index (χ1n) is 3.94. The predicted molar refractivity (Wildman–Crippen MR) is 45.4 cm³/mol. The highest BCUT2D eigenvalue weighted by molar-refractivity contribution is 5.38. The minimum atomic E-state index is 1.02. The molecular formula is C8H13N3. The first-order valence-corrected chi connectivity index (χ1v) is 3.94. The maximum absolute atomic E-state index is 3.75. The zero-order valence-electron chi connectivity index (χ0n) is 6.75. The summed E-state index contributed by atoms with van der Waals surface area (Å²) in [5.41, 5.74) is 1.05. The van der Waals surface area contributed by atoms with E-state index in [0.717, 1.165) is 12.2 Å². The Morgan fingerprint density at radius 3 is 3.00 bits per heavy atom. The lowest BCUT2D eigenvalue weighted by Gasteiger charge is -2.02. The van der Waals surface area contributed by atoms with E-state index in [4.69, 9.17) is 0 Å². The molecule has 0 atom stereocenters. The van der Waals surface area contributed by atoms with Crippen LogP contribution in [0.4, 0.5) is 5.69 Å². The molecule has 3 nitrogen and oxygen atoms in total. The molecule has 0 bridgehead atoms. The van der Waals surface area contributed by atoms with Gasteiger partial charge in [0.15, 0.2) is 0 Å². The van der Waals surface area contributed by atoms with E-state index in [0.29, 0.717) is 0 Å². The molecule has 0 aromatic carbocycles. The molecule has 0 aliphatic heterocycles. The fourth-order valence-corrected chi connectivity index (χ4v) is 0.805. The van der Waals surface area contributed by atoms with Crippen LogP contribution in [0.1, 0.15) is 19.8 Å². The Morgan fingerprint density at radius 1 is 1.45 bits per heavy atom. The Morgan fingerprint density at radius 2 is 2.36 bits per heavy atom. The number of unbranched alkanes of at least 4 members (excludes halogenated alkanes) is 1. The molecule has 0 unspecified atom stereocenters. The van der Waals surface area contributed by atoms with Crippen LogP contribution in [0, 0.1) is 0 Å². The van der Waals surface area contributed by atoms with E-state index >= 15 is 0 Å². The lowest BCUT2D eigenvalue weighted by atomic mass is 10.3. The van der Waals surface area contributed by atoms with Crippen molar-refractivity contribution >= 4 is 5.69 Å². The second kappa shape index (κ2) is 4.66. The van der Waals surface area contributed by atoms with Crippen molar-refractivity contribution in [3.8, 4) is 0 Å². The molecule has 0 radical (unpaired) electrons. The van der Waals surface area contributed by atoms with Crippen molar-refractivity contribution in [3.05, 3.63) is 18.5 Å². The Bertz CT molecular complexity index is 186. The number of rotatable bonds is 4.